The lowest BCUT2D eigenvalue weighted by molar-refractivity contribution is 0.0728. The lowest BCUT2D eigenvalue weighted by atomic mass is 10.0. The zero-order chi connectivity index (χ0) is 31.2. The number of aromatic nitrogens is 1. The Balaban J connectivity index is 1.34. The molecule has 1 heterocycles. The topological polar surface area (TPSA) is 120 Å². The number of amides is 1. The van der Waals surface area contributed by atoms with E-state index in [0.717, 1.165) is 22.0 Å². The van der Waals surface area contributed by atoms with Crippen molar-refractivity contribution in [3.05, 3.63) is 101 Å². The van der Waals surface area contributed by atoms with Crippen molar-refractivity contribution in [2.24, 2.45) is 5.10 Å². The lowest BCUT2D eigenvalue weighted by Gasteiger charge is -2.14. The SMILES string of the molecule is COc1cc(C=NNC(=O)c2[nH]c3ccc(Cl)cc3c2-c2ccccc2)ccc1OC(=O)c1cc(OC)c(OC)c(OC)c1. The smallest absolute Gasteiger partial charge is 0.343 e. The molecule has 0 atom stereocenters. The standard InChI is InChI=1S/C33H28ClN3O7/c1-40-26-14-19(10-13-25(26)44-33(39)21-15-27(41-2)31(43-4)28(16-21)42-3)18-35-37-32(38)30-29(20-8-6-5-7-9-20)23-17-22(34)11-12-24(23)36-30/h5-18,36H,1-4H3,(H,37,38). The number of nitrogens with zero attached hydrogens (tertiary/aromatic N) is 1. The molecule has 0 aliphatic carbocycles. The van der Waals surface area contributed by atoms with E-state index in [-0.39, 0.29) is 17.1 Å². The molecule has 10 nitrogen and oxygen atoms in total. The highest BCUT2D eigenvalue weighted by Crippen LogP contribution is 2.39. The van der Waals surface area contributed by atoms with Crippen LogP contribution >= 0.6 is 11.6 Å². The Bertz CT molecular complexity index is 1840. The highest BCUT2D eigenvalue weighted by atomic mass is 35.5. The number of hydrazone groups is 1. The van der Waals surface area contributed by atoms with Crippen molar-refractivity contribution in [2.45, 2.75) is 0 Å². The third-order valence-electron chi connectivity index (χ3n) is 6.72. The number of methoxy groups -OCH3 is 4. The molecule has 5 rings (SSSR count). The van der Waals surface area contributed by atoms with Crippen LogP contribution in [-0.2, 0) is 0 Å². The number of benzene rings is 4. The molecule has 224 valence electrons. The van der Waals surface area contributed by atoms with Gasteiger partial charge in [-0.1, -0.05) is 41.9 Å². The van der Waals surface area contributed by atoms with Gasteiger partial charge in [-0.2, -0.15) is 5.10 Å². The summed E-state index contributed by atoms with van der Waals surface area (Å²) < 4.78 is 27.0. The van der Waals surface area contributed by atoms with E-state index in [4.69, 9.17) is 35.3 Å². The second-order valence-electron chi connectivity index (χ2n) is 9.34. The van der Waals surface area contributed by atoms with Crippen LogP contribution in [0, 0.1) is 0 Å². The van der Waals surface area contributed by atoms with E-state index in [0.29, 0.717) is 33.5 Å². The molecule has 44 heavy (non-hydrogen) atoms. The van der Waals surface area contributed by atoms with Crippen molar-refractivity contribution in [3.8, 4) is 39.9 Å². The number of H-pyrrole nitrogens is 1. The van der Waals surface area contributed by atoms with Crippen molar-refractivity contribution >= 4 is 40.6 Å². The number of nitrogens with one attached hydrogen (secondary N) is 2. The number of fused-ring (bicyclic) bond motifs is 1. The third-order valence-corrected chi connectivity index (χ3v) is 6.96. The minimum atomic E-state index is -0.662. The quantitative estimate of drug-likeness (QED) is 0.0797. The molecule has 2 N–H and O–H groups in total. The molecule has 0 aliphatic heterocycles. The average Bonchev–Trinajstić information content (AvgIpc) is 3.43. The Morgan fingerprint density at radius 3 is 2.16 bits per heavy atom. The van der Waals surface area contributed by atoms with Gasteiger partial charge in [-0.05, 0) is 59.7 Å². The van der Waals surface area contributed by atoms with Crippen molar-refractivity contribution < 1.29 is 33.3 Å². The van der Waals surface area contributed by atoms with Crippen LogP contribution in [0.3, 0.4) is 0 Å². The number of ether oxygens (including phenoxy) is 5. The van der Waals surface area contributed by atoms with Crippen LogP contribution in [-0.4, -0.2) is 51.5 Å². The average molecular weight is 614 g/mol. The van der Waals surface area contributed by atoms with E-state index in [1.54, 1.807) is 24.3 Å². The Labute approximate surface area is 258 Å². The molecule has 5 aromatic rings. The predicted octanol–water partition coefficient (Wildman–Crippen LogP) is 6.51. The fraction of sp³-hybridized carbons (Fsp3) is 0.121. The van der Waals surface area contributed by atoms with Gasteiger partial charge in [-0.15, -0.1) is 0 Å². The normalized spacial score (nSPS) is 10.9. The summed E-state index contributed by atoms with van der Waals surface area (Å²) in [5.74, 6) is 0.333. The highest BCUT2D eigenvalue weighted by Gasteiger charge is 2.21. The maximum atomic E-state index is 13.3. The molecule has 0 spiro atoms. The molecule has 0 unspecified atom stereocenters. The van der Waals surface area contributed by atoms with Gasteiger partial charge in [0.2, 0.25) is 5.75 Å². The van der Waals surface area contributed by atoms with E-state index in [9.17, 15) is 9.59 Å². The Kier molecular flexibility index (Phi) is 9.01. The van der Waals surface area contributed by atoms with Crippen molar-refractivity contribution in [3.63, 3.8) is 0 Å². The Morgan fingerprint density at radius 2 is 1.50 bits per heavy atom. The first-order chi connectivity index (χ1) is 21.4. The zero-order valence-corrected chi connectivity index (χ0v) is 25.0. The molecule has 0 bridgehead atoms. The molecular weight excluding hydrogens is 586 g/mol. The highest BCUT2D eigenvalue weighted by molar-refractivity contribution is 6.31. The van der Waals surface area contributed by atoms with E-state index >= 15 is 0 Å². The molecule has 0 radical (unpaired) electrons. The molecule has 1 aromatic heterocycles. The van der Waals surface area contributed by atoms with Crippen LogP contribution in [0.5, 0.6) is 28.7 Å². The van der Waals surface area contributed by atoms with Gasteiger partial charge in [0.1, 0.15) is 5.69 Å². The van der Waals surface area contributed by atoms with Gasteiger partial charge >= 0.3 is 5.97 Å². The number of rotatable bonds is 10. The molecule has 0 fully saturated rings. The molecule has 11 heteroatoms. The van der Waals surface area contributed by atoms with Gasteiger partial charge in [-0.3, -0.25) is 4.79 Å². The largest absolute Gasteiger partial charge is 0.493 e. The van der Waals surface area contributed by atoms with Crippen LogP contribution in [0.1, 0.15) is 26.4 Å². The van der Waals surface area contributed by atoms with Crippen LogP contribution in [0.25, 0.3) is 22.0 Å². The fourth-order valence-electron chi connectivity index (χ4n) is 4.67. The summed E-state index contributed by atoms with van der Waals surface area (Å²) in [4.78, 5) is 29.4. The first-order valence-electron chi connectivity index (χ1n) is 13.3. The van der Waals surface area contributed by atoms with Gasteiger partial charge in [0.25, 0.3) is 5.91 Å². The van der Waals surface area contributed by atoms with Crippen LogP contribution < -0.4 is 29.1 Å². The van der Waals surface area contributed by atoms with Gasteiger partial charge < -0.3 is 28.7 Å². The Morgan fingerprint density at radius 1 is 0.795 bits per heavy atom. The summed E-state index contributed by atoms with van der Waals surface area (Å²) in [6, 6.07) is 22.8. The zero-order valence-electron chi connectivity index (χ0n) is 24.3. The first-order valence-corrected chi connectivity index (χ1v) is 13.6. The van der Waals surface area contributed by atoms with Gasteiger partial charge in [0, 0.05) is 21.5 Å². The summed E-state index contributed by atoms with van der Waals surface area (Å²) in [5.41, 5.74) is 6.03. The monoisotopic (exact) mass is 613 g/mol. The lowest BCUT2D eigenvalue weighted by Crippen LogP contribution is -2.18. The fourth-order valence-corrected chi connectivity index (χ4v) is 4.84. The number of aromatic amines is 1. The molecule has 0 aliphatic rings. The maximum absolute atomic E-state index is 13.3. The van der Waals surface area contributed by atoms with Gasteiger partial charge in [0.05, 0.1) is 40.2 Å². The molecule has 4 aromatic carbocycles. The van der Waals surface area contributed by atoms with Crippen LogP contribution in [0.15, 0.2) is 84.0 Å². The summed E-state index contributed by atoms with van der Waals surface area (Å²) >= 11 is 6.26. The number of hydrogen-bond donors (Lipinski definition) is 2. The number of esters is 1. The van der Waals surface area contributed by atoms with E-state index in [1.165, 1.54) is 46.8 Å². The van der Waals surface area contributed by atoms with E-state index < -0.39 is 11.9 Å². The number of halogens is 1. The van der Waals surface area contributed by atoms with Crippen molar-refractivity contribution in [1.82, 2.24) is 10.4 Å². The van der Waals surface area contributed by atoms with Gasteiger partial charge in [0.15, 0.2) is 23.0 Å². The van der Waals surface area contributed by atoms with Crippen molar-refractivity contribution in [2.75, 3.05) is 28.4 Å². The summed E-state index contributed by atoms with van der Waals surface area (Å²) in [6.45, 7) is 0. The number of hydrogen-bond acceptors (Lipinski definition) is 8. The maximum Gasteiger partial charge on any atom is 0.343 e. The second kappa shape index (κ2) is 13.2. The summed E-state index contributed by atoms with van der Waals surface area (Å²) in [5, 5.41) is 5.51. The van der Waals surface area contributed by atoms with Crippen molar-refractivity contribution in [1.29, 1.82) is 0 Å². The Hall–Kier alpha value is -5.48. The molecular formula is C33H28ClN3O7. The van der Waals surface area contributed by atoms with E-state index in [2.05, 4.69) is 15.5 Å². The number of carbonyl (C=O) groups excluding carboxylic acids is 2. The molecule has 1 amide bonds. The predicted molar refractivity (Wildman–Crippen MR) is 168 cm³/mol. The third kappa shape index (κ3) is 6.16. The summed E-state index contributed by atoms with van der Waals surface area (Å²) in [6.07, 6.45) is 1.45. The first kappa shape index (κ1) is 30.0. The van der Waals surface area contributed by atoms with Crippen LogP contribution in [0.2, 0.25) is 5.02 Å². The molecule has 0 saturated heterocycles. The van der Waals surface area contributed by atoms with E-state index in [1.807, 2.05) is 42.5 Å². The molecule has 0 saturated carbocycles. The second-order valence-corrected chi connectivity index (χ2v) is 9.78. The summed E-state index contributed by atoms with van der Waals surface area (Å²) in [7, 11) is 5.83. The van der Waals surface area contributed by atoms with Gasteiger partial charge in [-0.25, -0.2) is 10.2 Å². The van der Waals surface area contributed by atoms with Crippen LogP contribution in [0.4, 0.5) is 0 Å². The minimum absolute atomic E-state index is 0.177. The number of carbonyl (C=O) groups is 2. The minimum Gasteiger partial charge on any atom is -0.493 e.